The lowest BCUT2D eigenvalue weighted by Crippen LogP contribution is -2.33. The predicted molar refractivity (Wildman–Crippen MR) is 326 cm³/mol. The molecule has 3 aromatic carbocycles. The average molecular weight is 1380 g/mol. The number of furan rings is 3. The number of nitrogens with zero attached hydrogens (tertiary/aromatic N) is 13. The highest BCUT2D eigenvalue weighted by Gasteiger charge is 2.45. The summed E-state index contributed by atoms with van der Waals surface area (Å²) in [5.74, 6) is 2.34. The molecule has 7 N–H and O–H groups in total. The summed E-state index contributed by atoms with van der Waals surface area (Å²) >= 11 is 17.1. The number of aliphatic hydroxyl groups is 2. The van der Waals surface area contributed by atoms with Crippen LogP contribution in [-0.2, 0) is 0 Å². The topological polar surface area (TPSA) is 331 Å². The number of nitrogens with two attached hydrogens (primary N) is 1. The van der Waals surface area contributed by atoms with Crippen LogP contribution in [0.25, 0.3) is 50.4 Å². The van der Waals surface area contributed by atoms with E-state index < -0.39 is 18.9 Å². The molecular formula is C58H46Cl3F6N17O11. The maximum atomic E-state index is 13.3. The summed E-state index contributed by atoms with van der Waals surface area (Å²) in [7, 11) is 0. The zero-order valence-corrected chi connectivity index (χ0v) is 50.6. The largest absolute Gasteiger partial charge is 0.586 e. The van der Waals surface area contributed by atoms with Crippen molar-refractivity contribution in [1.82, 2.24) is 63.9 Å². The minimum Gasteiger partial charge on any atom is -0.459 e. The lowest BCUT2D eigenvalue weighted by atomic mass is 10.2. The van der Waals surface area contributed by atoms with Gasteiger partial charge in [0, 0.05) is 49.0 Å². The molecule has 95 heavy (non-hydrogen) atoms. The lowest BCUT2D eigenvalue weighted by molar-refractivity contribution is -0.287. The second-order valence-electron chi connectivity index (χ2n) is 20.7. The Kier molecular flexibility index (Phi) is 17.4. The monoisotopic (exact) mass is 1380 g/mol. The number of fused-ring (bicyclic) bond motifs is 6. The van der Waals surface area contributed by atoms with Crippen LogP contribution in [-0.4, -0.2) is 126 Å². The van der Waals surface area contributed by atoms with Gasteiger partial charge in [-0.25, -0.2) is 34.9 Å². The van der Waals surface area contributed by atoms with Gasteiger partial charge in [0.15, 0.2) is 68.0 Å². The summed E-state index contributed by atoms with van der Waals surface area (Å²) < 4.78 is 126. The van der Waals surface area contributed by atoms with E-state index in [1.54, 1.807) is 68.7 Å². The van der Waals surface area contributed by atoms with Crippen LogP contribution >= 0.6 is 34.8 Å². The maximum Gasteiger partial charge on any atom is 0.586 e. The number of hydrogen-bond acceptors (Lipinski definition) is 25. The van der Waals surface area contributed by atoms with Gasteiger partial charge in [-0.1, -0.05) is 11.6 Å². The number of rotatable bonds is 10. The zero-order valence-electron chi connectivity index (χ0n) is 48.3. The molecule has 0 aliphatic carbocycles. The Morgan fingerprint density at radius 3 is 1.46 bits per heavy atom. The first-order valence-corrected chi connectivity index (χ1v) is 29.4. The highest BCUT2D eigenvalue weighted by Crippen LogP contribution is 2.45. The van der Waals surface area contributed by atoms with Gasteiger partial charge in [0.1, 0.15) is 53.0 Å². The number of alkyl halides is 6. The Morgan fingerprint density at radius 2 is 0.989 bits per heavy atom. The van der Waals surface area contributed by atoms with E-state index in [0.29, 0.717) is 98.0 Å². The summed E-state index contributed by atoms with van der Waals surface area (Å²) in [6, 6.07) is 18.8. The molecule has 0 saturated carbocycles. The number of aliphatic hydroxyl groups excluding tert-OH is 2. The average Bonchev–Trinajstić information content (AvgIpc) is 1.69. The summed E-state index contributed by atoms with van der Waals surface area (Å²) in [6.07, 6.45) is 7.14. The quantitative estimate of drug-likeness (QED) is 0.0421. The predicted octanol–water partition coefficient (Wildman–Crippen LogP) is 11.6. The molecule has 0 spiro atoms. The minimum atomic E-state index is -3.67. The number of nitrogens with one attached hydrogen (secondary N) is 3. The van der Waals surface area contributed by atoms with E-state index in [4.69, 9.17) is 58.9 Å². The molecule has 17 rings (SSSR count). The van der Waals surface area contributed by atoms with Crippen LogP contribution in [0.3, 0.4) is 0 Å². The number of imidazole rings is 3. The first kappa shape index (κ1) is 63.2. The molecule has 5 aliphatic heterocycles. The number of ether oxygens (including phenoxy) is 6. The summed E-state index contributed by atoms with van der Waals surface area (Å²) in [5.41, 5.74) is 10.4. The SMILES string of the molecule is Clc1nc(Cl)c2occc2n1.FC1(F)Oc2ccc(-n3cnc(Nc4nc(Cl)nc5ccoc45)c3)cc2O1.Nc1cn(-c2ccc3c(c2)OC(F)(F)O3)cn1.OC[C@@H]1CCCN1.OC[C@@H]1CCCN1c1nc(Nc2cn(-c3ccc4c(c3)OC(F)(F)O4)cn2)c2occc2n1. The number of aromatic nitrogens is 12. The Labute approximate surface area is 543 Å². The summed E-state index contributed by atoms with van der Waals surface area (Å²) in [6.45, 7) is 2.18. The van der Waals surface area contributed by atoms with Crippen molar-refractivity contribution >= 4 is 103 Å². The molecule has 37 heteroatoms. The van der Waals surface area contributed by atoms with Gasteiger partial charge in [-0.05, 0) is 91.8 Å². The molecule has 28 nitrogen and oxygen atoms in total. The van der Waals surface area contributed by atoms with Gasteiger partial charge in [0.25, 0.3) is 0 Å². The van der Waals surface area contributed by atoms with Crippen molar-refractivity contribution in [2.75, 3.05) is 47.6 Å². The van der Waals surface area contributed by atoms with Crippen molar-refractivity contribution in [3.05, 3.63) is 145 Å². The molecule has 5 aliphatic rings. The fourth-order valence-electron chi connectivity index (χ4n) is 10.1. The van der Waals surface area contributed by atoms with Gasteiger partial charge in [-0.2, -0.15) is 9.97 Å². The van der Waals surface area contributed by atoms with Crippen molar-refractivity contribution in [3.63, 3.8) is 0 Å². The second kappa shape index (κ2) is 26.1. The van der Waals surface area contributed by atoms with Crippen molar-refractivity contribution < 1.29 is 78.2 Å². The third-order valence-corrected chi connectivity index (χ3v) is 14.9. The Balaban J connectivity index is 0.000000117. The number of anilines is 6. The Morgan fingerprint density at radius 1 is 0.526 bits per heavy atom. The molecule has 2 fully saturated rings. The molecule has 0 radical (unpaired) electrons. The smallest absolute Gasteiger partial charge is 0.459 e. The highest BCUT2D eigenvalue weighted by atomic mass is 35.5. The molecule has 12 aromatic rings. The van der Waals surface area contributed by atoms with Gasteiger partial charge >= 0.3 is 18.9 Å². The van der Waals surface area contributed by atoms with Gasteiger partial charge in [-0.15, -0.1) is 26.3 Å². The number of benzene rings is 3. The van der Waals surface area contributed by atoms with E-state index in [2.05, 4.69) is 89.2 Å². The van der Waals surface area contributed by atoms with Gasteiger partial charge in [-0.3, -0.25) is 0 Å². The third kappa shape index (κ3) is 14.4. The van der Waals surface area contributed by atoms with Crippen molar-refractivity contribution in [1.29, 1.82) is 0 Å². The van der Waals surface area contributed by atoms with Gasteiger partial charge < -0.3 is 92.2 Å². The molecule has 2 atom stereocenters. The fourth-order valence-corrected chi connectivity index (χ4v) is 10.7. The number of halogens is 9. The van der Waals surface area contributed by atoms with E-state index >= 15 is 0 Å². The fraction of sp³-hybridized carbons (Fsp3) is 0.224. The van der Waals surface area contributed by atoms with Gasteiger partial charge in [0.2, 0.25) is 16.5 Å². The zero-order chi connectivity index (χ0) is 66.2. The molecule has 492 valence electrons. The first-order chi connectivity index (χ1) is 45.7. The molecule has 0 unspecified atom stereocenters. The van der Waals surface area contributed by atoms with Crippen LogP contribution in [0.5, 0.6) is 34.5 Å². The molecule has 0 bridgehead atoms. The van der Waals surface area contributed by atoms with Crippen LogP contribution in [0.1, 0.15) is 25.7 Å². The van der Waals surface area contributed by atoms with Crippen molar-refractivity contribution in [3.8, 4) is 51.6 Å². The first-order valence-electron chi connectivity index (χ1n) is 28.3. The van der Waals surface area contributed by atoms with Crippen LogP contribution < -0.4 is 55.0 Å². The Bertz CT molecular complexity index is 4740. The van der Waals surface area contributed by atoms with E-state index in [1.807, 2.05) is 4.90 Å². The van der Waals surface area contributed by atoms with Crippen LogP contribution in [0.15, 0.2) is 142 Å². The Hall–Kier alpha value is -10.5. The van der Waals surface area contributed by atoms with E-state index in [9.17, 15) is 31.4 Å². The minimum absolute atomic E-state index is 0.00633. The lowest BCUT2D eigenvalue weighted by Gasteiger charge is -2.23. The van der Waals surface area contributed by atoms with E-state index in [-0.39, 0.29) is 62.9 Å². The van der Waals surface area contributed by atoms with Crippen LogP contribution in [0, 0.1) is 0 Å². The van der Waals surface area contributed by atoms with E-state index in [0.717, 1.165) is 32.4 Å². The van der Waals surface area contributed by atoms with E-state index in [1.165, 1.54) is 80.6 Å². The number of nitrogen functional groups attached to an aromatic ring is 1. The molecule has 14 heterocycles. The van der Waals surface area contributed by atoms with Gasteiger partial charge in [0.05, 0.1) is 73.7 Å². The normalized spacial score (nSPS) is 17.1. The second-order valence-corrected chi connectivity index (χ2v) is 21.8. The van der Waals surface area contributed by atoms with Crippen LogP contribution in [0.2, 0.25) is 15.7 Å². The van der Waals surface area contributed by atoms with Crippen molar-refractivity contribution in [2.24, 2.45) is 0 Å². The number of hydrogen-bond donors (Lipinski definition) is 6. The molecular weight excluding hydrogens is 1330 g/mol. The van der Waals surface area contributed by atoms with Crippen molar-refractivity contribution in [2.45, 2.75) is 56.7 Å². The molecule has 2 saturated heterocycles. The summed E-state index contributed by atoms with van der Waals surface area (Å²) in [4.78, 5) is 39.3. The molecule has 0 amide bonds. The van der Waals surface area contributed by atoms with Crippen LogP contribution in [0.4, 0.5) is 61.4 Å². The molecule has 9 aromatic heterocycles. The third-order valence-electron chi connectivity index (χ3n) is 14.3. The standard InChI is InChI=1S/C21H18F2N6O4.C16H8ClF2N5O3.C10H7F2N3O2.C6H2Cl2N2O.C5H11NO/c22-21(23)32-15-4-3-12(8-16(15)33-21)28-9-17(24-11-28)26-19-18-14(5-7-31-18)25-20(27-19)29-6-1-2-13(29)10-30;17-15-21-9-3-4-25-13(9)14(23-15)22-12-6-24(7-20-12)8-1-2-10-11(5-8)27-16(18,19)26-10;11-10(12)16-7-2-1-6(3-8(7)17-10)15-4-9(13)14-5-15;7-5-4-3(1-2-11-4)9-6(8)10-5;7-4-5-2-1-3-6-5/h3-5,7-9,11,13,30H,1-2,6,10H2,(H,25,26,27);1-7H,(H,21,22,23);1-5H,13H2;1-2H;5-7H,1-4H2/t13-;;;;5-/m0...0/s1. The highest BCUT2D eigenvalue weighted by molar-refractivity contribution is 6.35. The maximum absolute atomic E-state index is 13.3. The summed E-state index contributed by atoms with van der Waals surface area (Å²) in [5, 5.41) is 27.9.